The van der Waals surface area contributed by atoms with Crippen molar-refractivity contribution in [1.82, 2.24) is 4.98 Å². The maximum absolute atomic E-state index is 4.74. The Hall–Kier alpha value is -1.19. The number of thiophene rings is 1. The Kier molecular flexibility index (Phi) is 2.30. The zero-order chi connectivity index (χ0) is 11.1. The first kappa shape index (κ1) is 10.00. The highest BCUT2D eigenvalue weighted by atomic mass is 32.1. The number of thiazole rings is 1. The lowest BCUT2D eigenvalue weighted by molar-refractivity contribution is 1.40. The third-order valence-corrected chi connectivity index (χ3v) is 4.63. The van der Waals surface area contributed by atoms with E-state index in [1.807, 2.05) is 0 Å². The van der Waals surface area contributed by atoms with Crippen LogP contribution in [0.15, 0.2) is 29.0 Å². The molecule has 0 aliphatic heterocycles. The van der Waals surface area contributed by atoms with Crippen molar-refractivity contribution in [3.8, 4) is 10.6 Å². The molecule has 2 aromatic heterocycles. The van der Waals surface area contributed by atoms with Gasteiger partial charge in [-0.05, 0) is 36.4 Å². The van der Waals surface area contributed by atoms with Crippen LogP contribution in [-0.4, -0.2) is 4.98 Å². The van der Waals surface area contributed by atoms with Gasteiger partial charge in [0.15, 0.2) is 0 Å². The smallest absolute Gasteiger partial charge is 0.125 e. The zero-order valence-electron chi connectivity index (χ0n) is 9.15. The van der Waals surface area contributed by atoms with E-state index < -0.39 is 0 Å². The Balaban J connectivity index is 2.31. The second-order valence-electron chi connectivity index (χ2n) is 3.91. The summed E-state index contributed by atoms with van der Waals surface area (Å²) in [4.78, 5) is 4.74. The van der Waals surface area contributed by atoms with Gasteiger partial charge in [-0.1, -0.05) is 12.1 Å². The van der Waals surface area contributed by atoms with E-state index in [-0.39, 0.29) is 0 Å². The molecule has 0 spiro atoms. The number of benzene rings is 1. The van der Waals surface area contributed by atoms with Crippen LogP contribution in [0.25, 0.3) is 20.8 Å². The monoisotopic (exact) mass is 245 g/mol. The van der Waals surface area contributed by atoms with Crippen LogP contribution in [0.4, 0.5) is 0 Å². The van der Waals surface area contributed by atoms with Crippen molar-refractivity contribution < 1.29 is 0 Å². The van der Waals surface area contributed by atoms with Gasteiger partial charge in [-0.3, -0.25) is 0 Å². The van der Waals surface area contributed by atoms with Crippen LogP contribution in [0.1, 0.15) is 11.1 Å². The Morgan fingerprint density at radius 1 is 1.06 bits per heavy atom. The Bertz CT molecular complexity index is 596. The third kappa shape index (κ3) is 1.47. The molecule has 2 heterocycles. The van der Waals surface area contributed by atoms with Gasteiger partial charge in [0.05, 0.1) is 10.2 Å². The first-order valence-corrected chi connectivity index (χ1v) is 6.91. The molecule has 1 aromatic carbocycles. The fourth-order valence-electron chi connectivity index (χ4n) is 1.77. The molecule has 0 amide bonds. The predicted molar refractivity (Wildman–Crippen MR) is 72.4 cm³/mol. The number of rotatable bonds is 1. The fourth-order valence-corrected chi connectivity index (χ4v) is 3.59. The molecule has 1 nitrogen and oxygen atoms in total. The van der Waals surface area contributed by atoms with Gasteiger partial charge >= 0.3 is 0 Å². The largest absolute Gasteiger partial charge is 0.236 e. The van der Waals surface area contributed by atoms with E-state index in [1.54, 1.807) is 22.7 Å². The molecule has 0 saturated heterocycles. The van der Waals surface area contributed by atoms with E-state index in [0.29, 0.717) is 0 Å². The summed E-state index contributed by atoms with van der Waals surface area (Å²) in [6.07, 6.45) is 0. The average Bonchev–Trinajstić information content (AvgIpc) is 2.90. The predicted octanol–water partition coefficient (Wildman–Crippen LogP) is 4.64. The van der Waals surface area contributed by atoms with Crippen LogP contribution in [0, 0.1) is 13.8 Å². The summed E-state index contributed by atoms with van der Waals surface area (Å²) in [5, 5.41) is 5.39. The molecule has 0 bridgehead atoms. The minimum atomic E-state index is 1.13. The second kappa shape index (κ2) is 3.68. The summed E-state index contributed by atoms with van der Waals surface area (Å²) in [5.74, 6) is 0. The molecule has 0 aliphatic rings. The van der Waals surface area contributed by atoms with E-state index in [4.69, 9.17) is 4.98 Å². The highest BCUT2D eigenvalue weighted by molar-refractivity contribution is 7.22. The molecule has 0 unspecified atom stereocenters. The maximum atomic E-state index is 4.74. The normalized spacial score (nSPS) is 11.1. The highest BCUT2D eigenvalue weighted by Gasteiger charge is 2.09. The Morgan fingerprint density at radius 3 is 2.56 bits per heavy atom. The van der Waals surface area contributed by atoms with Crippen LogP contribution in [0.5, 0.6) is 0 Å². The van der Waals surface area contributed by atoms with Crippen molar-refractivity contribution in [3.05, 3.63) is 40.1 Å². The molecule has 16 heavy (non-hydrogen) atoms. The van der Waals surface area contributed by atoms with E-state index in [0.717, 1.165) is 10.5 Å². The van der Waals surface area contributed by atoms with Crippen molar-refractivity contribution in [2.24, 2.45) is 0 Å². The molecule has 0 atom stereocenters. The van der Waals surface area contributed by atoms with E-state index in [9.17, 15) is 0 Å². The van der Waals surface area contributed by atoms with Gasteiger partial charge in [0.25, 0.3) is 0 Å². The molecular formula is C13H11NS2. The number of hydrogen-bond acceptors (Lipinski definition) is 3. The molecule has 0 saturated carbocycles. The molecule has 0 aliphatic carbocycles. The van der Waals surface area contributed by atoms with E-state index >= 15 is 0 Å². The fraction of sp³-hybridized carbons (Fsp3) is 0.154. The first-order chi connectivity index (χ1) is 7.75. The quantitative estimate of drug-likeness (QED) is 0.608. The maximum Gasteiger partial charge on any atom is 0.125 e. The molecule has 3 aromatic rings. The van der Waals surface area contributed by atoms with Crippen LogP contribution >= 0.6 is 22.7 Å². The second-order valence-corrected chi connectivity index (χ2v) is 5.69. The van der Waals surface area contributed by atoms with E-state index in [2.05, 4.69) is 42.8 Å². The van der Waals surface area contributed by atoms with Gasteiger partial charge in [0, 0.05) is 10.9 Å². The highest BCUT2D eigenvalue weighted by Crippen LogP contribution is 2.34. The zero-order valence-corrected chi connectivity index (χ0v) is 10.8. The lowest BCUT2D eigenvalue weighted by Gasteiger charge is -1.96. The molecular weight excluding hydrogens is 234 g/mol. The van der Waals surface area contributed by atoms with Gasteiger partial charge in [-0.25, -0.2) is 4.98 Å². The van der Waals surface area contributed by atoms with Gasteiger partial charge in [0.2, 0.25) is 0 Å². The van der Waals surface area contributed by atoms with Gasteiger partial charge in [0.1, 0.15) is 5.01 Å². The Morgan fingerprint density at radius 2 is 1.88 bits per heavy atom. The molecule has 0 radical (unpaired) electrons. The number of aryl methyl sites for hydroxylation is 2. The van der Waals surface area contributed by atoms with Crippen molar-refractivity contribution in [1.29, 1.82) is 0 Å². The molecule has 0 fully saturated rings. The van der Waals surface area contributed by atoms with Crippen LogP contribution < -0.4 is 0 Å². The number of hydrogen-bond donors (Lipinski definition) is 0. The summed E-state index contributed by atoms with van der Waals surface area (Å²) < 4.78 is 1.32. The molecule has 80 valence electrons. The molecule has 3 heteroatoms. The summed E-state index contributed by atoms with van der Waals surface area (Å²) >= 11 is 3.51. The summed E-state index contributed by atoms with van der Waals surface area (Å²) in [7, 11) is 0. The third-order valence-electron chi connectivity index (χ3n) is 2.71. The van der Waals surface area contributed by atoms with Gasteiger partial charge in [-0.15, -0.1) is 11.3 Å². The van der Waals surface area contributed by atoms with Gasteiger partial charge < -0.3 is 0 Å². The number of aromatic nitrogens is 1. The Labute approximate surface area is 102 Å². The van der Waals surface area contributed by atoms with Crippen molar-refractivity contribution in [2.75, 3.05) is 0 Å². The van der Waals surface area contributed by atoms with Crippen molar-refractivity contribution in [3.63, 3.8) is 0 Å². The summed E-state index contributed by atoms with van der Waals surface area (Å²) in [6, 6.07) is 6.45. The van der Waals surface area contributed by atoms with Crippen LogP contribution in [-0.2, 0) is 0 Å². The number of nitrogens with zero attached hydrogens (tertiary/aromatic N) is 1. The lowest BCUT2D eigenvalue weighted by atomic mass is 10.1. The lowest BCUT2D eigenvalue weighted by Crippen LogP contribution is -1.78. The van der Waals surface area contributed by atoms with Gasteiger partial charge in [-0.2, -0.15) is 11.3 Å². The minimum absolute atomic E-state index is 1.13. The molecule has 0 N–H and O–H groups in total. The first-order valence-electron chi connectivity index (χ1n) is 5.15. The van der Waals surface area contributed by atoms with Crippen molar-refractivity contribution in [2.45, 2.75) is 13.8 Å². The summed E-state index contributed by atoms with van der Waals surface area (Å²) in [6.45, 7) is 4.27. The SMILES string of the molecule is Cc1ccc(C)c2sc(-c3ccsc3)nc12. The topological polar surface area (TPSA) is 12.9 Å². The van der Waals surface area contributed by atoms with Crippen molar-refractivity contribution >= 4 is 32.9 Å². The van der Waals surface area contributed by atoms with Crippen LogP contribution in [0.2, 0.25) is 0 Å². The minimum Gasteiger partial charge on any atom is -0.236 e. The summed E-state index contributed by atoms with van der Waals surface area (Å²) in [5.41, 5.74) is 4.98. The standard InChI is InChI=1S/C13H11NS2/c1-8-3-4-9(2)12-11(8)14-13(16-12)10-5-6-15-7-10/h3-7H,1-2H3. The van der Waals surface area contributed by atoms with Crippen LogP contribution in [0.3, 0.4) is 0 Å². The average molecular weight is 245 g/mol. The number of fused-ring (bicyclic) bond motifs is 1. The molecule has 3 rings (SSSR count). The van der Waals surface area contributed by atoms with E-state index in [1.165, 1.54) is 21.4 Å².